The maximum Gasteiger partial charge on any atom is 0.262 e. The van der Waals surface area contributed by atoms with Gasteiger partial charge in [-0.2, -0.15) is 0 Å². The summed E-state index contributed by atoms with van der Waals surface area (Å²) < 4.78 is 25.7. The van der Waals surface area contributed by atoms with Crippen LogP contribution in [0.25, 0.3) is 0 Å². The van der Waals surface area contributed by atoms with E-state index in [4.69, 9.17) is 11.6 Å². The van der Waals surface area contributed by atoms with E-state index < -0.39 is 18.4 Å². The second-order valence-corrected chi connectivity index (χ2v) is 4.98. The molecule has 0 heterocycles. The van der Waals surface area contributed by atoms with Crippen LogP contribution in [0.15, 0.2) is 18.2 Å². The van der Waals surface area contributed by atoms with Crippen LogP contribution in [0.1, 0.15) is 17.3 Å². The summed E-state index contributed by atoms with van der Waals surface area (Å²) in [5.74, 6) is -3.43. The highest BCUT2D eigenvalue weighted by Crippen LogP contribution is 2.18. The van der Waals surface area contributed by atoms with Crippen molar-refractivity contribution in [1.29, 1.82) is 0 Å². The fourth-order valence-electron chi connectivity index (χ4n) is 1.00. The van der Waals surface area contributed by atoms with E-state index in [2.05, 4.69) is 5.32 Å². The average molecular weight is 360 g/mol. The minimum atomic E-state index is -2.91. The molecule has 6 heteroatoms. The lowest BCUT2D eigenvalue weighted by Gasteiger charge is -2.12. The van der Waals surface area contributed by atoms with E-state index in [1.165, 1.54) is 6.07 Å². The van der Waals surface area contributed by atoms with Gasteiger partial charge in [-0.25, -0.2) is 8.78 Å². The van der Waals surface area contributed by atoms with E-state index in [0.29, 0.717) is 14.2 Å². The van der Waals surface area contributed by atoms with Crippen LogP contribution in [0.3, 0.4) is 0 Å². The normalized spacial score (nSPS) is 11.3. The number of hydrogen-bond acceptors (Lipinski definition) is 1. The second kappa shape index (κ2) is 5.27. The van der Waals surface area contributed by atoms with Crippen LogP contribution in [0, 0.1) is 3.57 Å². The van der Waals surface area contributed by atoms with Crippen molar-refractivity contribution in [3.8, 4) is 0 Å². The van der Waals surface area contributed by atoms with Gasteiger partial charge in [-0.3, -0.25) is 4.79 Å². The number of carbonyl (C=O) groups is 1. The largest absolute Gasteiger partial charge is 0.346 e. The highest BCUT2D eigenvalue weighted by atomic mass is 127. The maximum atomic E-state index is 12.5. The zero-order chi connectivity index (χ0) is 12.3. The Bertz CT molecular complexity index is 406. The molecule has 2 nitrogen and oxygen atoms in total. The lowest BCUT2D eigenvalue weighted by atomic mass is 10.2. The van der Waals surface area contributed by atoms with Crippen LogP contribution in [-0.2, 0) is 0 Å². The molecule has 88 valence electrons. The average Bonchev–Trinajstić information content (AvgIpc) is 2.13. The fourth-order valence-corrected chi connectivity index (χ4v) is 2.12. The Balaban J connectivity index is 2.74. The van der Waals surface area contributed by atoms with Crippen LogP contribution < -0.4 is 5.32 Å². The summed E-state index contributed by atoms with van der Waals surface area (Å²) in [5, 5.41) is 2.66. The summed E-state index contributed by atoms with van der Waals surface area (Å²) in [5.41, 5.74) is 0.342. The van der Waals surface area contributed by atoms with Gasteiger partial charge in [0.2, 0.25) is 0 Å². The smallest absolute Gasteiger partial charge is 0.262 e. The summed E-state index contributed by atoms with van der Waals surface area (Å²) >= 11 is 7.64. The van der Waals surface area contributed by atoms with Gasteiger partial charge in [0.25, 0.3) is 11.8 Å². The van der Waals surface area contributed by atoms with Crippen molar-refractivity contribution in [3.63, 3.8) is 0 Å². The minimum Gasteiger partial charge on any atom is -0.346 e. The first-order valence-electron chi connectivity index (χ1n) is 4.41. The van der Waals surface area contributed by atoms with E-state index in [1.807, 2.05) is 22.6 Å². The van der Waals surface area contributed by atoms with E-state index in [1.54, 1.807) is 12.1 Å². The van der Waals surface area contributed by atoms with Crippen molar-refractivity contribution in [1.82, 2.24) is 5.32 Å². The maximum absolute atomic E-state index is 12.5. The zero-order valence-corrected chi connectivity index (χ0v) is 11.3. The Kier molecular flexibility index (Phi) is 4.49. The number of nitrogens with one attached hydrogen (secondary N) is 1. The fraction of sp³-hybridized carbons (Fsp3) is 0.300. The summed E-state index contributed by atoms with van der Waals surface area (Å²) in [7, 11) is 0. The number of hydrogen-bond donors (Lipinski definition) is 1. The van der Waals surface area contributed by atoms with Crippen molar-refractivity contribution in [2.24, 2.45) is 0 Å². The third kappa shape index (κ3) is 4.21. The molecule has 0 aliphatic carbocycles. The van der Waals surface area contributed by atoms with Gasteiger partial charge >= 0.3 is 0 Å². The monoisotopic (exact) mass is 359 g/mol. The van der Waals surface area contributed by atoms with E-state index in [9.17, 15) is 13.6 Å². The molecule has 0 saturated heterocycles. The van der Waals surface area contributed by atoms with Crippen molar-refractivity contribution in [3.05, 3.63) is 32.4 Å². The van der Waals surface area contributed by atoms with Gasteiger partial charge in [0.15, 0.2) is 0 Å². The molecule has 0 radical (unpaired) electrons. The Morgan fingerprint density at radius 3 is 2.69 bits per heavy atom. The van der Waals surface area contributed by atoms with Crippen LogP contribution >= 0.6 is 34.2 Å². The summed E-state index contributed by atoms with van der Waals surface area (Å²) in [6.07, 6.45) is 0. The molecular formula is C10H9ClF2INO. The first-order chi connectivity index (χ1) is 7.29. The highest BCUT2D eigenvalue weighted by molar-refractivity contribution is 14.1. The Morgan fingerprint density at radius 2 is 2.19 bits per heavy atom. The van der Waals surface area contributed by atoms with Gasteiger partial charge in [-0.15, -0.1) is 0 Å². The molecule has 0 aliphatic heterocycles. The third-order valence-corrected chi connectivity index (χ3v) is 2.86. The molecule has 1 rings (SSSR count). The van der Waals surface area contributed by atoms with E-state index in [-0.39, 0.29) is 0 Å². The van der Waals surface area contributed by atoms with Crippen LogP contribution in [0.4, 0.5) is 8.78 Å². The molecule has 1 aromatic rings. The highest BCUT2D eigenvalue weighted by Gasteiger charge is 2.22. The zero-order valence-electron chi connectivity index (χ0n) is 8.36. The number of alkyl halides is 2. The summed E-state index contributed by atoms with van der Waals surface area (Å²) in [6, 6.07) is 4.65. The molecule has 1 amide bonds. The molecule has 0 aromatic heterocycles. The summed E-state index contributed by atoms with van der Waals surface area (Å²) in [6.45, 7) is 0.0741. The molecule has 0 saturated carbocycles. The molecule has 0 spiro atoms. The molecule has 0 fully saturated rings. The molecule has 0 bridgehead atoms. The molecule has 0 aliphatic rings. The Hall–Kier alpha value is -0.430. The van der Waals surface area contributed by atoms with Crippen LogP contribution in [0.5, 0.6) is 0 Å². The van der Waals surface area contributed by atoms with Crippen molar-refractivity contribution >= 4 is 40.1 Å². The van der Waals surface area contributed by atoms with E-state index >= 15 is 0 Å². The van der Waals surface area contributed by atoms with Gasteiger partial charge in [-0.1, -0.05) is 11.6 Å². The standard InChI is InChI=1S/C10H9ClF2INO/c1-10(12,13)5-15-9(16)7-3-2-6(11)4-8(7)14/h2-4H,5H2,1H3,(H,15,16). The first-order valence-corrected chi connectivity index (χ1v) is 5.86. The predicted molar refractivity (Wildman–Crippen MR) is 67.1 cm³/mol. The molecule has 0 atom stereocenters. The topological polar surface area (TPSA) is 29.1 Å². The van der Waals surface area contributed by atoms with Gasteiger partial charge in [0.05, 0.1) is 12.1 Å². The van der Waals surface area contributed by atoms with Gasteiger partial charge < -0.3 is 5.32 Å². The van der Waals surface area contributed by atoms with Gasteiger partial charge in [0.1, 0.15) is 0 Å². The molecule has 0 unspecified atom stereocenters. The van der Waals surface area contributed by atoms with E-state index in [0.717, 1.165) is 6.92 Å². The van der Waals surface area contributed by atoms with Crippen molar-refractivity contribution < 1.29 is 13.6 Å². The number of rotatable bonds is 3. The first kappa shape index (κ1) is 13.6. The van der Waals surface area contributed by atoms with Crippen LogP contribution in [0.2, 0.25) is 5.02 Å². The molecule has 16 heavy (non-hydrogen) atoms. The second-order valence-electron chi connectivity index (χ2n) is 3.38. The minimum absolute atomic E-state index is 0.342. The van der Waals surface area contributed by atoms with Crippen LogP contribution in [-0.4, -0.2) is 18.4 Å². The predicted octanol–water partition coefficient (Wildman–Crippen LogP) is 3.33. The molecular weight excluding hydrogens is 350 g/mol. The third-order valence-electron chi connectivity index (χ3n) is 1.74. The lowest BCUT2D eigenvalue weighted by molar-refractivity contribution is 0.0221. The quantitative estimate of drug-likeness (QED) is 0.824. The Labute approximate surface area is 110 Å². The number of carbonyl (C=O) groups excluding carboxylic acids is 1. The number of amides is 1. The number of benzene rings is 1. The molecule has 1 N–H and O–H groups in total. The SMILES string of the molecule is CC(F)(F)CNC(=O)c1ccc(Cl)cc1I. The lowest BCUT2D eigenvalue weighted by Crippen LogP contribution is -2.34. The summed E-state index contributed by atoms with van der Waals surface area (Å²) in [4.78, 5) is 11.5. The molecule has 1 aromatic carbocycles. The van der Waals surface area contributed by atoms with Gasteiger partial charge in [-0.05, 0) is 40.8 Å². The Morgan fingerprint density at radius 1 is 1.56 bits per heavy atom. The van der Waals surface area contributed by atoms with Crippen molar-refractivity contribution in [2.45, 2.75) is 12.8 Å². The van der Waals surface area contributed by atoms with Gasteiger partial charge in [0, 0.05) is 15.5 Å². The van der Waals surface area contributed by atoms with Crippen molar-refractivity contribution in [2.75, 3.05) is 6.54 Å². The number of halogens is 4.